The summed E-state index contributed by atoms with van der Waals surface area (Å²) in [6.07, 6.45) is 0.638. The molecule has 2 aromatic carbocycles. The van der Waals surface area contributed by atoms with Crippen LogP contribution < -0.4 is 5.32 Å². The Morgan fingerprint density at radius 2 is 1.85 bits per heavy atom. The molecule has 1 N–H and O–H groups in total. The zero-order valence-corrected chi connectivity index (χ0v) is 11.5. The maximum atomic E-state index is 13.7. The fourth-order valence-corrected chi connectivity index (χ4v) is 2.17. The van der Waals surface area contributed by atoms with Gasteiger partial charge >= 0.3 is 0 Å². The molecule has 0 fully saturated rings. The number of benzene rings is 2. The molecule has 5 heteroatoms. The molecular formula is C15H13ClF3N. The van der Waals surface area contributed by atoms with Crippen molar-refractivity contribution in [1.82, 2.24) is 0 Å². The molecule has 2 rings (SSSR count). The van der Waals surface area contributed by atoms with Crippen LogP contribution in [-0.4, -0.2) is 0 Å². The van der Waals surface area contributed by atoms with Crippen molar-refractivity contribution in [2.24, 2.45) is 0 Å². The van der Waals surface area contributed by atoms with E-state index >= 15 is 0 Å². The summed E-state index contributed by atoms with van der Waals surface area (Å²) >= 11 is 5.91. The highest BCUT2D eigenvalue weighted by molar-refractivity contribution is 6.30. The Morgan fingerprint density at radius 1 is 1.10 bits per heavy atom. The Balaban J connectivity index is 2.29. The van der Waals surface area contributed by atoms with Crippen molar-refractivity contribution in [3.05, 3.63) is 64.4 Å². The van der Waals surface area contributed by atoms with Gasteiger partial charge in [-0.15, -0.1) is 0 Å². The summed E-state index contributed by atoms with van der Waals surface area (Å²) < 4.78 is 39.7. The standard InChI is InChI=1S/C15H13ClF3N/c1-2-12(9-4-3-5-10(16)8-9)20-13-7-6-11(17)14(18)15(13)19/h3-8,12,20H,2H2,1H3. The van der Waals surface area contributed by atoms with Crippen LogP contribution in [0.1, 0.15) is 24.9 Å². The number of anilines is 1. The quantitative estimate of drug-likeness (QED) is 0.753. The van der Waals surface area contributed by atoms with E-state index in [9.17, 15) is 13.2 Å². The van der Waals surface area contributed by atoms with E-state index in [1.165, 1.54) is 6.07 Å². The molecule has 106 valence electrons. The van der Waals surface area contributed by atoms with Crippen molar-refractivity contribution in [3.8, 4) is 0 Å². The summed E-state index contributed by atoms with van der Waals surface area (Å²) in [4.78, 5) is 0. The Kier molecular flexibility index (Phi) is 4.55. The topological polar surface area (TPSA) is 12.0 Å². The Morgan fingerprint density at radius 3 is 2.50 bits per heavy atom. The molecule has 1 atom stereocenters. The van der Waals surface area contributed by atoms with Gasteiger partial charge in [-0.3, -0.25) is 0 Å². The largest absolute Gasteiger partial charge is 0.376 e. The smallest absolute Gasteiger partial charge is 0.196 e. The first-order valence-corrected chi connectivity index (χ1v) is 6.56. The minimum Gasteiger partial charge on any atom is -0.376 e. The summed E-state index contributed by atoms with van der Waals surface area (Å²) in [5.74, 6) is -3.90. The van der Waals surface area contributed by atoms with Crippen LogP contribution in [0.15, 0.2) is 36.4 Å². The van der Waals surface area contributed by atoms with Crippen LogP contribution in [-0.2, 0) is 0 Å². The van der Waals surface area contributed by atoms with Crippen molar-refractivity contribution < 1.29 is 13.2 Å². The zero-order chi connectivity index (χ0) is 14.7. The second-order valence-corrected chi connectivity index (χ2v) is 4.82. The first-order valence-electron chi connectivity index (χ1n) is 6.18. The zero-order valence-electron chi connectivity index (χ0n) is 10.8. The molecule has 0 radical (unpaired) electrons. The predicted molar refractivity (Wildman–Crippen MR) is 74.4 cm³/mol. The normalized spacial score (nSPS) is 12.2. The molecule has 1 unspecified atom stereocenters. The summed E-state index contributed by atoms with van der Waals surface area (Å²) in [5.41, 5.74) is 0.778. The van der Waals surface area contributed by atoms with Crippen LogP contribution in [0.5, 0.6) is 0 Å². The number of halogens is 4. The first kappa shape index (κ1) is 14.7. The summed E-state index contributed by atoms with van der Waals surface area (Å²) in [6.45, 7) is 1.90. The highest BCUT2D eigenvalue weighted by atomic mass is 35.5. The van der Waals surface area contributed by atoms with Crippen LogP contribution in [0.3, 0.4) is 0 Å². The van der Waals surface area contributed by atoms with Gasteiger partial charge in [-0.1, -0.05) is 30.7 Å². The molecule has 0 aliphatic heterocycles. The number of rotatable bonds is 4. The molecule has 0 aliphatic carbocycles. The Labute approximate surface area is 120 Å². The predicted octanol–water partition coefficient (Wildman–Crippen LogP) is 5.32. The first-order chi connectivity index (χ1) is 9.52. The van der Waals surface area contributed by atoms with Gasteiger partial charge in [-0.2, -0.15) is 0 Å². The molecule has 2 aromatic rings. The molecule has 1 nitrogen and oxygen atoms in total. The minimum absolute atomic E-state index is 0.0734. The van der Waals surface area contributed by atoms with E-state index < -0.39 is 17.5 Å². The van der Waals surface area contributed by atoms with E-state index in [-0.39, 0.29) is 11.7 Å². The highest BCUT2D eigenvalue weighted by Gasteiger charge is 2.16. The van der Waals surface area contributed by atoms with Crippen LogP contribution in [0, 0.1) is 17.5 Å². The van der Waals surface area contributed by atoms with Crippen molar-refractivity contribution in [2.75, 3.05) is 5.32 Å². The van der Waals surface area contributed by atoms with Crippen molar-refractivity contribution >= 4 is 17.3 Å². The maximum Gasteiger partial charge on any atom is 0.196 e. The molecule has 0 spiro atoms. The van der Waals surface area contributed by atoms with Crippen LogP contribution in [0.2, 0.25) is 5.02 Å². The molecule has 0 bridgehead atoms. The third-order valence-corrected chi connectivity index (χ3v) is 3.26. The Hall–Kier alpha value is -1.68. The van der Waals surface area contributed by atoms with Gasteiger partial charge in [0.1, 0.15) is 0 Å². The van der Waals surface area contributed by atoms with E-state index in [4.69, 9.17) is 11.6 Å². The van der Waals surface area contributed by atoms with E-state index in [2.05, 4.69) is 5.32 Å². The van der Waals surface area contributed by atoms with Crippen LogP contribution in [0.25, 0.3) is 0 Å². The van der Waals surface area contributed by atoms with Crippen molar-refractivity contribution in [1.29, 1.82) is 0 Å². The van der Waals surface area contributed by atoms with Gasteiger partial charge in [0.2, 0.25) is 0 Å². The minimum atomic E-state index is -1.48. The van der Waals surface area contributed by atoms with Gasteiger partial charge in [0.25, 0.3) is 0 Å². The molecule has 0 saturated carbocycles. The average molecular weight is 300 g/mol. The Bertz CT molecular complexity index is 616. The second-order valence-electron chi connectivity index (χ2n) is 4.38. The number of hydrogen-bond acceptors (Lipinski definition) is 1. The lowest BCUT2D eigenvalue weighted by Crippen LogP contribution is -2.11. The SMILES string of the molecule is CCC(Nc1ccc(F)c(F)c1F)c1cccc(Cl)c1. The van der Waals surface area contributed by atoms with Gasteiger partial charge in [-0.25, -0.2) is 13.2 Å². The molecular weight excluding hydrogens is 287 g/mol. The summed E-state index contributed by atoms with van der Waals surface area (Å²) in [7, 11) is 0. The van der Waals surface area contributed by atoms with E-state index in [0.29, 0.717) is 11.4 Å². The second kappa shape index (κ2) is 6.18. The van der Waals surface area contributed by atoms with Gasteiger partial charge in [0.05, 0.1) is 11.7 Å². The molecule has 0 heterocycles. The van der Waals surface area contributed by atoms with Crippen LogP contribution >= 0.6 is 11.6 Å². The van der Waals surface area contributed by atoms with Gasteiger partial charge in [-0.05, 0) is 36.2 Å². The lowest BCUT2D eigenvalue weighted by atomic mass is 10.0. The van der Waals surface area contributed by atoms with E-state index in [1.807, 2.05) is 13.0 Å². The highest BCUT2D eigenvalue weighted by Crippen LogP contribution is 2.27. The molecule has 0 amide bonds. The summed E-state index contributed by atoms with van der Waals surface area (Å²) in [6, 6.07) is 8.94. The lowest BCUT2D eigenvalue weighted by Gasteiger charge is -2.19. The van der Waals surface area contributed by atoms with Gasteiger partial charge in [0, 0.05) is 5.02 Å². The van der Waals surface area contributed by atoms with Gasteiger partial charge in [0.15, 0.2) is 17.5 Å². The lowest BCUT2D eigenvalue weighted by molar-refractivity contribution is 0.448. The molecule has 0 aliphatic rings. The van der Waals surface area contributed by atoms with Crippen molar-refractivity contribution in [3.63, 3.8) is 0 Å². The maximum absolute atomic E-state index is 13.7. The molecule has 0 saturated heterocycles. The van der Waals surface area contributed by atoms with E-state index in [0.717, 1.165) is 11.6 Å². The summed E-state index contributed by atoms with van der Waals surface area (Å²) in [5, 5.41) is 3.43. The number of nitrogens with one attached hydrogen (secondary N) is 1. The van der Waals surface area contributed by atoms with Crippen molar-refractivity contribution in [2.45, 2.75) is 19.4 Å². The van der Waals surface area contributed by atoms with Gasteiger partial charge < -0.3 is 5.32 Å². The van der Waals surface area contributed by atoms with Crippen LogP contribution in [0.4, 0.5) is 18.9 Å². The average Bonchev–Trinajstić information content (AvgIpc) is 2.44. The van der Waals surface area contributed by atoms with E-state index in [1.54, 1.807) is 18.2 Å². The molecule has 0 aromatic heterocycles. The molecule has 20 heavy (non-hydrogen) atoms. The third-order valence-electron chi connectivity index (χ3n) is 3.02. The third kappa shape index (κ3) is 3.07. The fraction of sp³-hybridized carbons (Fsp3) is 0.200. The number of hydrogen-bond donors (Lipinski definition) is 1. The fourth-order valence-electron chi connectivity index (χ4n) is 1.97. The monoisotopic (exact) mass is 299 g/mol.